The van der Waals surface area contributed by atoms with E-state index in [0.29, 0.717) is 5.11 Å². The summed E-state index contributed by atoms with van der Waals surface area (Å²) in [7, 11) is 0. The molecule has 0 aromatic carbocycles. The number of thiocarbonyl (C=S) groups is 1. The predicted octanol–water partition coefficient (Wildman–Crippen LogP) is 1.63. The second-order valence-corrected chi connectivity index (χ2v) is 3.41. The zero-order chi connectivity index (χ0) is 10.4. The second kappa shape index (κ2) is 5.54. The summed E-state index contributed by atoms with van der Waals surface area (Å²) in [5.41, 5.74) is 1.18. The number of pyridine rings is 1. The highest BCUT2D eigenvalue weighted by molar-refractivity contribution is 7.80. The van der Waals surface area contributed by atoms with Crippen molar-refractivity contribution in [2.45, 2.75) is 19.9 Å². The van der Waals surface area contributed by atoms with Crippen LogP contribution in [0.25, 0.3) is 0 Å². The summed E-state index contributed by atoms with van der Waals surface area (Å²) in [5.74, 6) is 0. The fourth-order valence-electron chi connectivity index (χ4n) is 1.14. The first-order valence-corrected chi connectivity index (χ1v) is 5.09. The van der Waals surface area contributed by atoms with Gasteiger partial charge in [0.15, 0.2) is 5.11 Å². The lowest BCUT2D eigenvalue weighted by Gasteiger charge is -2.16. The Kier molecular flexibility index (Phi) is 4.32. The van der Waals surface area contributed by atoms with Crippen LogP contribution in [-0.2, 0) is 0 Å². The molecule has 0 saturated carbocycles. The third kappa shape index (κ3) is 3.30. The van der Waals surface area contributed by atoms with Gasteiger partial charge in [-0.25, -0.2) is 0 Å². The molecular weight excluding hydrogens is 194 g/mol. The Morgan fingerprint density at radius 1 is 1.50 bits per heavy atom. The van der Waals surface area contributed by atoms with Gasteiger partial charge >= 0.3 is 0 Å². The van der Waals surface area contributed by atoms with Crippen LogP contribution < -0.4 is 10.6 Å². The van der Waals surface area contributed by atoms with Crippen molar-refractivity contribution in [3.63, 3.8) is 0 Å². The van der Waals surface area contributed by atoms with Gasteiger partial charge in [-0.3, -0.25) is 4.98 Å². The van der Waals surface area contributed by atoms with Gasteiger partial charge in [0.2, 0.25) is 0 Å². The van der Waals surface area contributed by atoms with Crippen LogP contribution in [0.4, 0.5) is 0 Å². The van der Waals surface area contributed by atoms with E-state index < -0.39 is 0 Å². The first-order chi connectivity index (χ1) is 6.74. The Morgan fingerprint density at radius 3 is 2.71 bits per heavy atom. The minimum absolute atomic E-state index is 0.213. The molecule has 1 rings (SSSR count). The first kappa shape index (κ1) is 10.9. The molecular formula is C10H15N3S. The number of hydrogen-bond acceptors (Lipinski definition) is 2. The maximum absolute atomic E-state index is 5.09. The molecule has 76 valence electrons. The third-order valence-electron chi connectivity index (χ3n) is 1.89. The molecule has 0 spiro atoms. The maximum Gasteiger partial charge on any atom is 0.166 e. The van der Waals surface area contributed by atoms with E-state index in [1.165, 1.54) is 5.56 Å². The molecule has 0 radical (unpaired) electrons. The van der Waals surface area contributed by atoms with Crippen LogP contribution in [0.1, 0.15) is 25.5 Å². The Hall–Kier alpha value is -1.16. The van der Waals surface area contributed by atoms with Gasteiger partial charge in [0.25, 0.3) is 0 Å². The van der Waals surface area contributed by atoms with Crippen molar-refractivity contribution < 1.29 is 0 Å². The minimum Gasteiger partial charge on any atom is -0.363 e. The normalized spacial score (nSPS) is 11.9. The van der Waals surface area contributed by atoms with E-state index in [4.69, 9.17) is 12.2 Å². The molecule has 14 heavy (non-hydrogen) atoms. The molecule has 1 unspecified atom stereocenters. The molecule has 0 aliphatic carbocycles. The largest absolute Gasteiger partial charge is 0.363 e. The van der Waals surface area contributed by atoms with Crippen molar-refractivity contribution in [2.24, 2.45) is 0 Å². The van der Waals surface area contributed by atoms with E-state index in [9.17, 15) is 0 Å². The van der Waals surface area contributed by atoms with E-state index >= 15 is 0 Å². The summed E-state index contributed by atoms with van der Waals surface area (Å²) in [6.07, 6.45) is 3.56. The van der Waals surface area contributed by atoms with Crippen molar-refractivity contribution in [3.8, 4) is 0 Å². The molecule has 4 heteroatoms. The number of rotatable bonds is 3. The van der Waals surface area contributed by atoms with Gasteiger partial charge in [-0.15, -0.1) is 0 Å². The van der Waals surface area contributed by atoms with Gasteiger partial charge < -0.3 is 10.6 Å². The fourth-order valence-corrected chi connectivity index (χ4v) is 1.46. The molecule has 2 N–H and O–H groups in total. The Morgan fingerprint density at radius 2 is 2.14 bits per heavy atom. The maximum atomic E-state index is 5.09. The van der Waals surface area contributed by atoms with Crippen LogP contribution in [0.3, 0.4) is 0 Å². The highest BCUT2D eigenvalue weighted by Crippen LogP contribution is 2.09. The van der Waals surface area contributed by atoms with Crippen LogP contribution in [-0.4, -0.2) is 16.6 Å². The Balaban J connectivity index is 2.50. The van der Waals surface area contributed by atoms with Crippen LogP contribution in [0.2, 0.25) is 0 Å². The average Bonchev–Trinajstić information content (AvgIpc) is 2.19. The molecule has 1 heterocycles. The molecule has 0 aliphatic rings. The highest BCUT2D eigenvalue weighted by Gasteiger charge is 2.04. The van der Waals surface area contributed by atoms with Gasteiger partial charge in [0, 0.05) is 18.9 Å². The zero-order valence-corrected chi connectivity index (χ0v) is 9.27. The minimum atomic E-state index is 0.213. The first-order valence-electron chi connectivity index (χ1n) is 4.68. The fraction of sp³-hybridized carbons (Fsp3) is 0.400. The van der Waals surface area contributed by atoms with Crippen molar-refractivity contribution in [3.05, 3.63) is 30.1 Å². The van der Waals surface area contributed by atoms with Gasteiger partial charge in [-0.05, 0) is 43.8 Å². The van der Waals surface area contributed by atoms with E-state index in [1.807, 2.05) is 19.1 Å². The lowest BCUT2D eigenvalue weighted by Crippen LogP contribution is -2.36. The summed E-state index contributed by atoms with van der Waals surface area (Å²) >= 11 is 5.09. The SMILES string of the molecule is CCNC(=S)NC(C)c1ccncc1. The van der Waals surface area contributed by atoms with E-state index in [0.717, 1.165) is 6.54 Å². The molecule has 3 nitrogen and oxygen atoms in total. The Bertz CT molecular complexity index is 287. The highest BCUT2D eigenvalue weighted by atomic mass is 32.1. The molecule has 0 aliphatic heterocycles. The van der Waals surface area contributed by atoms with Crippen LogP contribution >= 0.6 is 12.2 Å². The summed E-state index contributed by atoms with van der Waals surface area (Å²) in [6.45, 7) is 4.93. The topological polar surface area (TPSA) is 37.0 Å². The lowest BCUT2D eigenvalue weighted by atomic mass is 10.1. The molecule has 0 saturated heterocycles. The van der Waals surface area contributed by atoms with Gasteiger partial charge in [-0.1, -0.05) is 0 Å². The number of nitrogens with zero attached hydrogens (tertiary/aromatic N) is 1. The van der Waals surface area contributed by atoms with Gasteiger partial charge in [0.05, 0.1) is 6.04 Å². The third-order valence-corrected chi connectivity index (χ3v) is 2.15. The van der Waals surface area contributed by atoms with E-state index in [-0.39, 0.29) is 6.04 Å². The van der Waals surface area contributed by atoms with Crippen LogP contribution in [0.5, 0.6) is 0 Å². The molecule has 0 bridgehead atoms. The monoisotopic (exact) mass is 209 g/mol. The summed E-state index contributed by atoms with van der Waals surface area (Å²) in [6, 6.07) is 4.17. The van der Waals surface area contributed by atoms with Crippen molar-refractivity contribution in [1.82, 2.24) is 15.6 Å². The van der Waals surface area contributed by atoms with E-state index in [1.54, 1.807) is 12.4 Å². The zero-order valence-electron chi connectivity index (χ0n) is 8.45. The molecule has 1 aromatic rings. The predicted molar refractivity (Wildman–Crippen MR) is 62.1 cm³/mol. The van der Waals surface area contributed by atoms with Crippen molar-refractivity contribution in [1.29, 1.82) is 0 Å². The summed E-state index contributed by atoms with van der Waals surface area (Å²) < 4.78 is 0. The van der Waals surface area contributed by atoms with E-state index in [2.05, 4.69) is 22.5 Å². The number of aromatic nitrogens is 1. The van der Waals surface area contributed by atoms with Crippen molar-refractivity contribution in [2.75, 3.05) is 6.54 Å². The van der Waals surface area contributed by atoms with Crippen molar-refractivity contribution >= 4 is 17.3 Å². The Labute approximate surface area is 89.9 Å². The smallest absolute Gasteiger partial charge is 0.166 e. The molecule has 0 fully saturated rings. The quantitative estimate of drug-likeness (QED) is 0.742. The molecule has 1 atom stereocenters. The summed E-state index contributed by atoms with van der Waals surface area (Å²) in [4.78, 5) is 3.97. The van der Waals surface area contributed by atoms with Gasteiger partial charge in [-0.2, -0.15) is 0 Å². The van der Waals surface area contributed by atoms with Crippen LogP contribution in [0, 0.1) is 0 Å². The van der Waals surface area contributed by atoms with Gasteiger partial charge in [0.1, 0.15) is 0 Å². The average molecular weight is 209 g/mol. The number of hydrogen-bond donors (Lipinski definition) is 2. The number of nitrogens with one attached hydrogen (secondary N) is 2. The molecule has 1 aromatic heterocycles. The summed E-state index contributed by atoms with van der Waals surface area (Å²) in [5, 5.41) is 6.93. The lowest BCUT2D eigenvalue weighted by molar-refractivity contribution is 0.701. The molecule has 0 amide bonds. The van der Waals surface area contributed by atoms with Crippen LogP contribution in [0.15, 0.2) is 24.5 Å². The standard InChI is InChI=1S/C10H15N3S/c1-3-12-10(14)13-8(2)9-4-6-11-7-5-9/h4-8H,3H2,1-2H3,(H2,12,13,14). The second-order valence-electron chi connectivity index (χ2n) is 3.01.